The quantitative estimate of drug-likeness (QED) is 0.780. The zero-order valence-corrected chi connectivity index (χ0v) is 14.1. The van der Waals surface area contributed by atoms with Crippen molar-refractivity contribution >= 4 is 28.8 Å². The van der Waals surface area contributed by atoms with Gasteiger partial charge >= 0.3 is 0 Å². The Labute approximate surface area is 144 Å². The minimum absolute atomic E-state index is 0.235. The second-order valence-electron chi connectivity index (χ2n) is 6.09. The molecule has 0 radical (unpaired) electrons. The molecule has 2 amide bonds. The summed E-state index contributed by atoms with van der Waals surface area (Å²) < 4.78 is 0. The van der Waals surface area contributed by atoms with Crippen LogP contribution in [0.4, 0.5) is 5.69 Å². The number of anilines is 1. The van der Waals surface area contributed by atoms with E-state index in [9.17, 15) is 14.7 Å². The molecule has 0 saturated heterocycles. The smallest absolute Gasteiger partial charge is 0.265 e. The van der Waals surface area contributed by atoms with Crippen LogP contribution in [-0.4, -0.2) is 29.1 Å². The molecule has 1 saturated carbocycles. The van der Waals surface area contributed by atoms with E-state index in [1.165, 1.54) is 11.3 Å². The number of rotatable bonds is 5. The molecule has 1 fully saturated rings. The van der Waals surface area contributed by atoms with Crippen molar-refractivity contribution in [1.29, 1.82) is 0 Å². The van der Waals surface area contributed by atoms with Crippen molar-refractivity contribution in [1.82, 2.24) is 5.32 Å². The van der Waals surface area contributed by atoms with Crippen LogP contribution in [0.5, 0.6) is 0 Å². The summed E-state index contributed by atoms with van der Waals surface area (Å²) in [7, 11) is 0. The van der Waals surface area contributed by atoms with Crippen LogP contribution in [0.25, 0.3) is 0 Å². The number of hydrogen-bond acceptors (Lipinski definition) is 4. The molecule has 3 rings (SSSR count). The topological polar surface area (TPSA) is 78.4 Å². The lowest BCUT2D eigenvalue weighted by atomic mass is 10.0. The monoisotopic (exact) mass is 344 g/mol. The SMILES string of the molecule is O=C(Nc1ccccc1C(=O)NCC1(O)CCCC1)c1cccs1. The van der Waals surface area contributed by atoms with Gasteiger partial charge < -0.3 is 15.7 Å². The summed E-state index contributed by atoms with van der Waals surface area (Å²) in [6.07, 6.45) is 3.40. The number of aliphatic hydroxyl groups is 1. The zero-order valence-electron chi connectivity index (χ0n) is 13.2. The first kappa shape index (κ1) is 16.7. The van der Waals surface area contributed by atoms with Crippen LogP contribution in [0.2, 0.25) is 0 Å². The van der Waals surface area contributed by atoms with Crippen LogP contribution < -0.4 is 10.6 Å². The van der Waals surface area contributed by atoms with E-state index in [0.717, 1.165) is 12.8 Å². The minimum Gasteiger partial charge on any atom is -0.388 e. The van der Waals surface area contributed by atoms with Gasteiger partial charge in [0.2, 0.25) is 0 Å². The van der Waals surface area contributed by atoms with Gasteiger partial charge in [-0.2, -0.15) is 0 Å². The highest BCUT2D eigenvalue weighted by molar-refractivity contribution is 7.12. The molecule has 24 heavy (non-hydrogen) atoms. The average Bonchev–Trinajstić information content (AvgIpc) is 3.25. The lowest BCUT2D eigenvalue weighted by Crippen LogP contribution is -2.41. The Morgan fingerprint density at radius 2 is 1.83 bits per heavy atom. The summed E-state index contributed by atoms with van der Waals surface area (Å²) in [4.78, 5) is 25.2. The number of benzene rings is 1. The van der Waals surface area contributed by atoms with Gasteiger partial charge in [0.25, 0.3) is 11.8 Å². The van der Waals surface area contributed by atoms with Crippen molar-refractivity contribution in [3.63, 3.8) is 0 Å². The van der Waals surface area contributed by atoms with Crippen LogP contribution in [0.15, 0.2) is 41.8 Å². The predicted molar refractivity (Wildman–Crippen MR) is 94.5 cm³/mol. The Hall–Kier alpha value is -2.18. The van der Waals surface area contributed by atoms with Crippen molar-refractivity contribution in [2.75, 3.05) is 11.9 Å². The highest BCUT2D eigenvalue weighted by atomic mass is 32.1. The standard InChI is InChI=1S/C18H20N2O3S/c21-16(19-12-18(23)9-3-4-10-18)13-6-1-2-7-14(13)20-17(22)15-8-5-11-24-15/h1-2,5-8,11,23H,3-4,9-10,12H2,(H,19,21)(H,20,22). The van der Waals surface area contributed by atoms with Crippen LogP contribution in [-0.2, 0) is 0 Å². The lowest BCUT2D eigenvalue weighted by molar-refractivity contribution is 0.0450. The molecule has 1 aromatic carbocycles. The van der Waals surface area contributed by atoms with Crippen LogP contribution in [0.1, 0.15) is 45.7 Å². The van der Waals surface area contributed by atoms with Crippen molar-refractivity contribution < 1.29 is 14.7 Å². The highest BCUT2D eigenvalue weighted by Gasteiger charge is 2.31. The largest absolute Gasteiger partial charge is 0.388 e. The molecule has 0 atom stereocenters. The molecular weight excluding hydrogens is 324 g/mol. The van der Waals surface area contributed by atoms with Crippen molar-refractivity contribution in [3.8, 4) is 0 Å². The third-order valence-electron chi connectivity index (χ3n) is 4.28. The van der Waals surface area contributed by atoms with Gasteiger partial charge in [0.15, 0.2) is 0 Å². The molecule has 126 valence electrons. The molecule has 5 nitrogen and oxygen atoms in total. The first-order valence-electron chi connectivity index (χ1n) is 8.02. The highest BCUT2D eigenvalue weighted by Crippen LogP contribution is 2.28. The maximum Gasteiger partial charge on any atom is 0.265 e. The molecule has 1 aliphatic carbocycles. The molecular formula is C18H20N2O3S. The normalized spacial score (nSPS) is 15.9. The van der Waals surface area contributed by atoms with Crippen LogP contribution in [0, 0.1) is 0 Å². The molecule has 0 spiro atoms. The van der Waals surface area contributed by atoms with Crippen LogP contribution in [0.3, 0.4) is 0 Å². The number of carbonyl (C=O) groups excluding carboxylic acids is 2. The second kappa shape index (κ2) is 7.15. The van der Waals surface area contributed by atoms with Gasteiger partial charge in [-0.05, 0) is 36.4 Å². The van der Waals surface area contributed by atoms with Gasteiger partial charge in [0, 0.05) is 6.54 Å². The maximum absolute atomic E-state index is 12.5. The van der Waals surface area contributed by atoms with Crippen molar-refractivity contribution in [2.45, 2.75) is 31.3 Å². The number of hydrogen-bond donors (Lipinski definition) is 3. The first-order valence-corrected chi connectivity index (χ1v) is 8.90. The van der Waals surface area contributed by atoms with E-state index in [4.69, 9.17) is 0 Å². The number of amides is 2. The summed E-state index contributed by atoms with van der Waals surface area (Å²) in [6, 6.07) is 10.4. The van der Waals surface area contributed by atoms with Gasteiger partial charge in [-0.3, -0.25) is 9.59 Å². The number of thiophene rings is 1. The van der Waals surface area contributed by atoms with Gasteiger partial charge in [0.05, 0.1) is 21.7 Å². The number of para-hydroxylation sites is 1. The van der Waals surface area contributed by atoms with Crippen molar-refractivity contribution in [3.05, 3.63) is 52.2 Å². The molecule has 0 unspecified atom stereocenters. The molecule has 2 aromatic rings. The summed E-state index contributed by atoms with van der Waals surface area (Å²) in [5, 5.41) is 17.7. The third kappa shape index (κ3) is 3.83. The molecule has 0 aliphatic heterocycles. The Kier molecular flexibility index (Phi) is 4.97. The third-order valence-corrected chi connectivity index (χ3v) is 5.15. The Balaban J connectivity index is 1.69. The fourth-order valence-corrected chi connectivity index (χ4v) is 3.55. The zero-order chi connectivity index (χ0) is 17.0. The van der Waals surface area contributed by atoms with E-state index in [0.29, 0.717) is 29.0 Å². The first-order chi connectivity index (χ1) is 11.6. The molecule has 1 aromatic heterocycles. The number of carbonyl (C=O) groups is 2. The average molecular weight is 344 g/mol. The Morgan fingerprint density at radius 3 is 2.54 bits per heavy atom. The van der Waals surface area contributed by atoms with E-state index in [2.05, 4.69) is 10.6 Å². The second-order valence-corrected chi connectivity index (χ2v) is 7.04. The fourth-order valence-electron chi connectivity index (χ4n) is 2.93. The molecule has 6 heteroatoms. The minimum atomic E-state index is -0.801. The van der Waals surface area contributed by atoms with E-state index in [1.54, 1.807) is 36.4 Å². The number of nitrogens with one attached hydrogen (secondary N) is 2. The van der Waals surface area contributed by atoms with E-state index < -0.39 is 5.60 Å². The maximum atomic E-state index is 12.5. The van der Waals surface area contributed by atoms with Crippen LogP contribution >= 0.6 is 11.3 Å². The summed E-state index contributed by atoms with van der Waals surface area (Å²) in [5.41, 5.74) is 0.0565. The summed E-state index contributed by atoms with van der Waals surface area (Å²) in [6.45, 7) is 0.235. The van der Waals surface area contributed by atoms with E-state index in [1.807, 2.05) is 5.38 Å². The van der Waals surface area contributed by atoms with Gasteiger partial charge in [-0.1, -0.05) is 31.0 Å². The van der Waals surface area contributed by atoms with E-state index >= 15 is 0 Å². The Morgan fingerprint density at radius 1 is 1.08 bits per heavy atom. The summed E-state index contributed by atoms with van der Waals surface area (Å²) >= 11 is 1.35. The molecule has 0 bridgehead atoms. The molecule has 1 aliphatic rings. The Bertz CT molecular complexity index is 722. The van der Waals surface area contributed by atoms with Gasteiger partial charge in [0.1, 0.15) is 0 Å². The van der Waals surface area contributed by atoms with Crippen molar-refractivity contribution in [2.24, 2.45) is 0 Å². The lowest BCUT2D eigenvalue weighted by Gasteiger charge is -2.22. The van der Waals surface area contributed by atoms with E-state index in [-0.39, 0.29) is 18.4 Å². The fraction of sp³-hybridized carbons (Fsp3) is 0.333. The summed E-state index contributed by atoms with van der Waals surface area (Å²) in [5.74, 6) is -0.530. The predicted octanol–water partition coefficient (Wildman–Crippen LogP) is 3.04. The molecule has 3 N–H and O–H groups in total. The van der Waals surface area contributed by atoms with Gasteiger partial charge in [-0.25, -0.2) is 0 Å². The van der Waals surface area contributed by atoms with Gasteiger partial charge in [-0.15, -0.1) is 11.3 Å². The molecule has 1 heterocycles.